The monoisotopic (exact) mass is 332 g/mol. The third kappa shape index (κ3) is 4.52. The van der Waals surface area contributed by atoms with Gasteiger partial charge >= 0.3 is 5.69 Å². The summed E-state index contributed by atoms with van der Waals surface area (Å²) < 4.78 is 18.5. The number of nitro groups is 1. The van der Waals surface area contributed by atoms with Gasteiger partial charge in [0.25, 0.3) is 5.91 Å². The number of carbonyl (C=O) groups excluding carboxylic acids is 1. The average molecular weight is 332 g/mol. The molecule has 0 radical (unpaired) electrons. The number of para-hydroxylation sites is 2. The minimum atomic E-state index is -0.565. The van der Waals surface area contributed by atoms with Crippen molar-refractivity contribution in [2.24, 2.45) is 0 Å². The van der Waals surface area contributed by atoms with Gasteiger partial charge in [-0.3, -0.25) is 14.9 Å². The van der Waals surface area contributed by atoms with Crippen LogP contribution in [-0.4, -0.2) is 28.9 Å². The number of hydrogen-bond donors (Lipinski definition) is 0. The van der Waals surface area contributed by atoms with Crippen molar-refractivity contribution in [3.05, 3.63) is 70.0 Å². The lowest BCUT2D eigenvalue weighted by atomic mass is 10.2. The van der Waals surface area contributed by atoms with E-state index in [4.69, 9.17) is 4.74 Å². The highest BCUT2D eigenvalue weighted by Crippen LogP contribution is 2.25. The van der Waals surface area contributed by atoms with Crippen LogP contribution in [0.3, 0.4) is 0 Å². The van der Waals surface area contributed by atoms with Crippen molar-refractivity contribution in [2.75, 3.05) is 13.2 Å². The fourth-order valence-corrected chi connectivity index (χ4v) is 2.19. The van der Waals surface area contributed by atoms with Crippen molar-refractivity contribution in [1.82, 2.24) is 4.90 Å². The summed E-state index contributed by atoms with van der Waals surface area (Å²) in [6, 6.07) is 11.9. The van der Waals surface area contributed by atoms with Crippen LogP contribution in [0.1, 0.15) is 12.5 Å². The normalized spacial score (nSPS) is 10.2. The molecule has 2 rings (SSSR count). The van der Waals surface area contributed by atoms with Crippen LogP contribution in [0.15, 0.2) is 48.5 Å². The van der Waals surface area contributed by atoms with Crippen LogP contribution in [0, 0.1) is 15.9 Å². The second-order valence-electron chi connectivity index (χ2n) is 5.05. The van der Waals surface area contributed by atoms with E-state index in [9.17, 15) is 19.3 Å². The lowest BCUT2D eigenvalue weighted by Crippen LogP contribution is -2.34. The summed E-state index contributed by atoms with van der Waals surface area (Å²) in [5.74, 6) is -0.662. The van der Waals surface area contributed by atoms with E-state index in [1.165, 1.54) is 35.2 Å². The number of amides is 1. The number of likely N-dealkylation sites (N-methyl/N-ethyl adjacent to an activating group) is 1. The molecule has 0 spiro atoms. The van der Waals surface area contributed by atoms with Crippen molar-refractivity contribution >= 4 is 11.6 Å². The molecule has 0 saturated heterocycles. The molecule has 0 fully saturated rings. The zero-order chi connectivity index (χ0) is 17.5. The number of ether oxygens (including phenoxy) is 1. The van der Waals surface area contributed by atoms with Crippen LogP contribution < -0.4 is 4.74 Å². The Morgan fingerprint density at radius 1 is 1.25 bits per heavy atom. The molecule has 0 aliphatic heterocycles. The molecule has 1 amide bonds. The zero-order valence-corrected chi connectivity index (χ0v) is 13.1. The second-order valence-corrected chi connectivity index (χ2v) is 5.05. The Labute approximate surface area is 138 Å². The molecule has 0 aliphatic rings. The van der Waals surface area contributed by atoms with Gasteiger partial charge in [0, 0.05) is 19.2 Å². The van der Waals surface area contributed by atoms with Gasteiger partial charge < -0.3 is 9.64 Å². The van der Waals surface area contributed by atoms with Gasteiger partial charge in [0.15, 0.2) is 12.4 Å². The van der Waals surface area contributed by atoms with Crippen LogP contribution in [0.4, 0.5) is 10.1 Å². The standard InChI is InChI=1S/C17H17FN2O4/c1-2-19(11-13-6-5-7-14(18)10-13)17(21)12-24-16-9-4-3-8-15(16)20(22)23/h3-10H,2,11-12H2,1H3. The molecule has 2 aromatic carbocycles. The fourth-order valence-electron chi connectivity index (χ4n) is 2.19. The molecule has 0 heterocycles. The van der Waals surface area contributed by atoms with E-state index in [1.807, 2.05) is 0 Å². The Balaban J connectivity index is 2.01. The van der Waals surface area contributed by atoms with Crippen LogP contribution in [0.5, 0.6) is 5.75 Å². The first-order chi connectivity index (χ1) is 11.5. The van der Waals surface area contributed by atoms with Gasteiger partial charge in [-0.05, 0) is 30.7 Å². The van der Waals surface area contributed by atoms with Crippen molar-refractivity contribution in [3.63, 3.8) is 0 Å². The van der Waals surface area contributed by atoms with Gasteiger partial charge in [-0.2, -0.15) is 0 Å². The van der Waals surface area contributed by atoms with Crippen LogP contribution in [0.2, 0.25) is 0 Å². The van der Waals surface area contributed by atoms with Crippen molar-refractivity contribution in [1.29, 1.82) is 0 Å². The van der Waals surface area contributed by atoms with E-state index in [-0.39, 0.29) is 36.3 Å². The molecule has 0 atom stereocenters. The van der Waals surface area contributed by atoms with Gasteiger partial charge in [-0.25, -0.2) is 4.39 Å². The summed E-state index contributed by atoms with van der Waals surface area (Å²) in [7, 11) is 0. The van der Waals surface area contributed by atoms with Crippen LogP contribution in [-0.2, 0) is 11.3 Å². The van der Waals surface area contributed by atoms with Crippen molar-refractivity contribution in [3.8, 4) is 5.75 Å². The van der Waals surface area contributed by atoms with Crippen molar-refractivity contribution < 1.29 is 18.8 Å². The molecule has 126 valence electrons. The molecule has 24 heavy (non-hydrogen) atoms. The Bertz CT molecular complexity index is 736. The number of benzene rings is 2. The predicted octanol–water partition coefficient (Wildman–Crippen LogP) is 3.16. The molecule has 0 unspecified atom stereocenters. The van der Waals surface area contributed by atoms with Gasteiger partial charge in [0.05, 0.1) is 4.92 Å². The maximum atomic E-state index is 13.2. The molecule has 0 aliphatic carbocycles. The van der Waals surface area contributed by atoms with E-state index in [1.54, 1.807) is 25.1 Å². The maximum absolute atomic E-state index is 13.2. The average Bonchev–Trinajstić information content (AvgIpc) is 2.57. The first kappa shape index (κ1) is 17.4. The van der Waals surface area contributed by atoms with E-state index in [2.05, 4.69) is 0 Å². The Morgan fingerprint density at radius 3 is 2.67 bits per heavy atom. The number of rotatable bonds is 7. The predicted molar refractivity (Wildman–Crippen MR) is 86.1 cm³/mol. The van der Waals surface area contributed by atoms with Gasteiger partial charge in [-0.15, -0.1) is 0 Å². The van der Waals surface area contributed by atoms with Crippen molar-refractivity contribution in [2.45, 2.75) is 13.5 Å². The zero-order valence-electron chi connectivity index (χ0n) is 13.1. The maximum Gasteiger partial charge on any atom is 0.310 e. The number of hydrogen-bond acceptors (Lipinski definition) is 4. The minimum Gasteiger partial charge on any atom is -0.477 e. The summed E-state index contributed by atoms with van der Waals surface area (Å²) in [5.41, 5.74) is 0.467. The number of nitro benzene ring substituents is 1. The van der Waals surface area contributed by atoms with E-state index < -0.39 is 4.92 Å². The summed E-state index contributed by atoms with van der Waals surface area (Å²) in [4.78, 5) is 24.1. The lowest BCUT2D eigenvalue weighted by molar-refractivity contribution is -0.385. The van der Waals surface area contributed by atoms with E-state index in [0.717, 1.165) is 0 Å². The third-order valence-electron chi connectivity index (χ3n) is 3.41. The highest BCUT2D eigenvalue weighted by atomic mass is 19.1. The third-order valence-corrected chi connectivity index (χ3v) is 3.41. The largest absolute Gasteiger partial charge is 0.477 e. The van der Waals surface area contributed by atoms with E-state index in [0.29, 0.717) is 12.1 Å². The van der Waals surface area contributed by atoms with Crippen LogP contribution >= 0.6 is 0 Å². The number of nitrogens with zero attached hydrogens (tertiary/aromatic N) is 2. The van der Waals surface area contributed by atoms with E-state index >= 15 is 0 Å². The highest BCUT2D eigenvalue weighted by Gasteiger charge is 2.17. The first-order valence-corrected chi connectivity index (χ1v) is 7.39. The molecular weight excluding hydrogens is 315 g/mol. The topological polar surface area (TPSA) is 72.7 Å². The molecule has 2 aromatic rings. The summed E-state index contributed by atoms with van der Waals surface area (Å²) in [6.07, 6.45) is 0. The first-order valence-electron chi connectivity index (χ1n) is 7.39. The Kier molecular flexibility index (Phi) is 5.83. The lowest BCUT2D eigenvalue weighted by Gasteiger charge is -2.21. The fraction of sp³-hybridized carbons (Fsp3) is 0.235. The van der Waals surface area contributed by atoms with Gasteiger partial charge in [0.1, 0.15) is 5.82 Å². The quantitative estimate of drug-likeness (QED) is 0.577. The molecule has 7 heteroatoms. The Morgan fingerprint density at radius 2 is 2.00 bits per heavy atom. The molecule has 6 nitrogen and oxygen atoms in total. The SMILES string of the molecule is CCN(Cc1cccc(F)c1)C(=O)COc1ccccc1[N+](=O)[O-]. The number of carbonyl (C=O) groups is 1. The molecule has 0 N–H and O–H groups in total. The van der Waals surface area contributed by atoms with Gasteiger partial charge in [-0.1, -0.05) is 24.3 Å². The Hall–Kier alpha value is -2.96. The second kappa shape index (κ2) is 8.05. The highest BCUT2D eigenvalue weighted by molar-refractivity contribution is 5.77. The molecule has 0 saturated carbocycles. The molecule has 0 bridgehead atoms. The molecule has 0 aromatic heterocycles. The number of halogens is 1. The smallest absolute Gasteiger partial charge is 0.310 e. The van der Waals surface area contributed by atoms with Crippen LogP contribution in [0.25, 0.3) is 0 Å². The summed E-state index contributed by atoms with van der Waals surface area (Å²) in [5, 5.41) is 10.9. The summed E-state index contributed by atoms with van der Waals surface area (Å²) >= 11 is 0. The summed E-state index contributed by atoms with van der Waals surface area (Å²) in [6.45, 7) is 2.12. The van der Waals surface area contributed by atoms with Gasteiger partial charge in [0.2, 0.25) is 0 Å². The molecular formula is C17H17FN2O4. The minimum absolute atomic E-state index is 0.0395.